The number of fused-ring (bicyclic) bond motifs is 13. The number of aliphatic carboxylic acids is 1. The fraction of sp³-hybridized carbons (Fsp3) is 0.542. The molecule has 1 aromatic rings. The van der Waals surface area contributed by atoms with E-state index >= 15 is 0 Å². The number of carboxylic acids is 1. The number of benzene rings is 1. The molecule has 4 rings (SSSR count). The molecule has 1 saturated heterocycles. The van der Waals surface area contributed by atoms with Gasteiger partial charge in [0.2, 0.25) is 17.7 Å². The summed E-state index contributed by atoms with van der Waals surface area (Å²) >= 11 is 0. The van der Waals surface area contributed by atoms with Crippen LogP contribution >= 0.6 is 0 Å². The van der Waals surface area contributed by atoms with E-state index in [9.17, 15) is 29.1 Å². The fourth-order valence-electron chi connectivity index (χ4n) is 4.19. The third kappa shape index (κ3) is 6.49. The Hall–Kier alpha value is -3.63. The fourth-order valence-corrected chi connectivity index (χ4v) is 4.19. The van der Waals surface area contributed by atoms with Gasteiger partial charge in [-0.15, -0.1) is 0 Å². The highest BCUT2D eigenvalue weighted by Crippen LogP contribution is 2.21. The van der Waals surface area contributed by atoms with Gasteiger partial charge in [-0.2, -0.15) is 0 Å². The minimum Gasteiger partial charge on any atom is -0.484 e. The number of carbonyl (C=O) groups excluding carboxylic acids is 4. The Morgan fingerprint density at radius 3 is 2.37 bits per heavy atom. The number of rotatable bonds is 2. The van der Waals surface area contributed by atoms with Crippen molar-refractivity contribution in [1.29, 1.82) is 0 Å². The van der Waals surface area contributed by atoms with Gasteiger partial charge in [0.05, 0.1) is 0 Å². The van der Waals surface area contributed by atoms with Crippen LogP contribution in [0.25, 0.3) is 0 Å². The van der Waals surface area contributed by atoms with E-state index in [1.807, 2.05) is 0 Å². The summed E-state index contributed by atoms with van der Waals surface area (Å²) in [7, 11) is 0. The first-order valence-corrected chi connectivity index (χ1v) is 11.7. The molecule has 0 saturated carbocycles. The average molecular weight is 489 g/mol. The Bertz CT molecular complexity index is 979. The molecule has 11 nitrogen and oxygen atoms in total. The summed E-state index contributed by atoms with van der Waals surface area (Å²) in [6.45, 7) is 5.09. The van der Waals surface area contributed by atoms with Crippen LogP contribution in [0.1, 0.15) is 39.2 Å². The third-order valence-electron chi connectivity index (χ3n) is 6.19. The molecular weight excluding hydrogens is 456 g/mol. The molecule has 3 heterocycles. The lowest BCUT2D eigenvalue weighted by Crippen LogP contribution is -2.57. The van der Waals surface area contributed by atoms with Crippen LogP contribution < -0.4 is 20.7 Å². The highest BCUT2D eigenvalue weighted by molar-refractivity contribution is 5.95. The third-order valence-corrected chi connectivity index (χ3v) is 6.19. The minimum atomic E-state index is -1.22. The zero-order chi connectivity index (χ0) is 25.7. The topological polar surface area (TPSA) is 154 Å². The van der Waals surface area contributed by atoms with E-state index in [4.69, 9.17) is 4.74 Å². The number of hydrogen-bond acceptors (Lipinski definition) is 6. The number of hydrogen-bond donors (Lipinski definition) is 4. The average Bonchev–Trinajstić information content (AvgIpc) is 3.30. The lowest BCUT2D eigenvalue weighted by atomic mass is 10.0. The van der Waals surface area contributed by atoms with Crippen molar-refractivity contribution < 1.29 is 33.8 Å². The van der Waals surface area contributed by atoms with Crippen molar-refractivity contribution in [3.8, 4) is 5.75 Å². The molecule has 0 aromatic heterocycles. The molecule has 3 aliphatic heterocycles. The number of nitrogens with zero attached hydrogens (tertiary/aromatic N) is 1. The Kier molecular flexibility index (Phi) is 8.31. The standard InChI is InChI=1S/C24H32N4O7/c1-13(2)20-23(32)28-10-4-5-18(28)22(31)25-14(3)21(30)26-17(24(33)34)11-15-6-8-16(9-7-15)35-12-19(29)27-20/h6-9,13-14,17-18,20H,4-5,10-12H2,1-3H3,(H,25,31)(H,26,30)(H,27,29)(H,33,34)/t14-,17-,18+,20-/m0/s1. The van der Waals surface area contributed by atoms with Gasteiger partial charge in [0.15, 0.2) is 6.61 Å². The highest BCUT2D eigenvalue weighted by atomic mass is 16.5. The molecule has 35 heavy (non-hydrogen) atoms. The van der Waals surface area contributed by atoms with E-state index in [1.54, 1.807) is 38.1 Å². The van der Waals surface area contributed by atoms with Crippen LogP contribution in [0.3, 0.4) is 0 Å². The summed E-state index contributed by atoms with van der Waals surface area (Å²) in [6, 6.07) is 2.62. The number of amides is 4. The largest absolute Gasteiger partial charge is 0.484 e. The second kappa shape index (κ2) is 11.2. The number of carbonyl (C=O) groups is 5. The molecule has 4 N–H and O–H groups in total. The van der Waals surface area contributed by atoms with Crippen molar-refractivity contribution >= 4 is 29.6 Å². The Morgan fingerprint density at radius 1 is 1.06 bits per heavy atom. The molecule has 4 amide bonds. The molecular formula is C24H32N4O7. The molecule has 0 aliphatic carbocycles. The summed E-state index contributed by atoms with van der Waals surface area (Å²) in [4.78, 5) is 64.6. The first-order valence-electron chi connectivity index (χ1n) is 11.7. The van der Waals surface area contributed by atoms with Crippen LogP contribution in [0.5, 0.6) is 5.75 Å². The van der Waals surface area contributed by atoms with Crippen molar-refractivity contribution in [1.82, 2.24) is 20.9 Å². The van der Waals surface area contributed by atoms with Gasteiger partial charge < -0.3 is 30.7 Å². The van der Waals surface area contributed by atoms with Crippen LogP contribution in [-0.4, -0.2) is 76.9 Å². The normalized spacial score (nSPS) is 26.6. The van der Waals surface area contributed by atoms with Gasteiger partial charge in [-0.25, -0.2) is 4.79 Å². The summed E-state index contributed by atoms with van der Waals surface area (Å²) < 4.78 is 5.52. The zero-order valence-corrected chi connectivity index (χ0v) is 20.1. The van der Waals surface area contributed by atoms with Gasteiger partial charge in [-0.05, 0) is 43.4 Å². The lowest BCUT2D eigenvalue weighted by molar-refractivity contribution is -0.144. The molecule has 4 atom stereocenters. The molecule has 190 valence electrons. The maximum Gasteiger partial charge on any atom is 0.326 e. The molecule has 2 bridgehead atoms. The second-order valence-electron chi connectivity index (χ2n) is 9.25. The molecule has 0 spiro atoms. The monoisotopic (exact) mass is 488 g/mol. The zero-order valence-electron chi connectivity index (χ0n) is 20.1. The molecule has 1 aromatic carbocycles. The Morgan fingerprint density at radius 2 is 1.74 bits per heavy atom. The van der Waals surface area contributed by atoms with E-state index in [0.29, 0.717) is 30.7 Å². The minimum absolute atomic E-state index is 0.0173. The van der Waals surface area contributed by atoms with Crippen LogP contribution in [0.4, 0.5) is 0 Å². The van der Waals surface area contributed by atoms with Gasteiger partial charge in [0, 0.05) is 13.0 Å². The predicted octanol–water partition coefficient (Wildman–Crippen LogP) is -0.173. The molecule has 1 fully saturated rings. The maximum atomic E-state index is 13.3. The smallest absolute Gasteiger partial charge is 0.326 e. The van der Waals surface area contributed by atoms with E-state index in [0.717, 1.165) is 0 Å². The van der Waals surface area contributed by atoms with E-state index < -0.39 is 47.9 Å². The summed E-state index contributed by atoms with van der Waals surface area (Å²) in [5.41, 5.74) is 0.635. The van der Waals surface area contributed by atoms with Gasteiger partial charge >= 0.3 is 5.97 Å². The Balaban J connectivity index is 1.88. The molecule has 11 heteroatoms. The van der Waals surface area contributed by atoms with E-state index in [1.165, 1.54) is 11.8 Å². The molecule has 0 unspecified atom stereocenters. The van der Waals surface area contributed by atoms with E-state index in [2.05, 4.69) is 16.0 Å². The van der Waals surface area contributed by atoms with Crippen molar-refractivity contribution in [2.45, 2.75) is 64.2 Å². The summed E-state index contributed by atoms with van der Waals surface area (Å²) in [6.07, 6.45) is 1.03. The molecule has 3 aliphatic rings. The van der Waals surface area contributed by atoms with Crippen LogP contribution in [0.15, 0.2) is 24.3 Å². The molecule has 0 radical (unpaired) electrons. The number of nitrogens with one attached hydrogen (secondary N) is 3. The van der Waals surface area contributed by atoms with Crippen LogP contribution in [0, 0.1) is 5.92 Å². The van der Waals surface area contributed by atoms with Crippen molar-refractivity contribution in [2.75, 3.05) is 13.2 Å². The number of ether oxygens (including phenoxy) is 1. The van der Waals surface area contributed by atoms with Crippen LogP contribution in [0.2, 0.25) is 0 Å². The Labute approximate surface area is 203 Å². The van der Waals surface area contributed by atoms with Crippen molar-refractivity contribution in [3.63, 3.8) is 0 Å². The first-order chi connectivity index (χ1) is 16.6. The van der Waals surface area contributed by atoms with Gasteiger partial charge in [0.25, 0.3) is 5.91 Å². The van der Waals surface area contributed by atoms with Crippen molar-refractivity contribution in [2.24, 2.45) is 5.92 Å². The first kappa shape index (κ1) is 26.0. The maximum absolute atomic E-state index is 13.3. The lowest BCUT2D eigenvalue weighted by Gasteiger charge is -2.31. The number of carboxylic acid groups (broad SMARTS) is 1. The summed E-state index contributed by atoms with van der Waals surface area (Å²) in [5.74, 6) is -3.06. The quantitative estimate of drug-likeness (QED) is 0.451. The van der Waals surface area contributed by atoms with Gasteiger partial charge in [-0.1, -0.05) is 26.0 Å². The summed E-state index contributed by atoms with van der Waals surface area (Å²) in [5, 5.41) is 17.4. The van der Waals surface area contributed by atoms with E-state index in [-0.39, 0.29) is 24.9 Å². The second-order valence-corrected chi connectivity index (χ2v) is 9.25. The van der Waals surface area contributed by atoms with Gasteiger partial charge in [0.1, 0.15) is 29.9 Å². The van der Waals surface area contributed by atoms with Crippen molar-refractivity contribution in [3.05, 3.63) is 29.8 Å². The predicted molar refractivity (Wildman–Crippen MR) is 124 cm³/mol. The SMILES string of the molecule is CC(C)[C@@H]1NC(=O)COc2ccc(cc2)C[C@@H](C(=O)O)NC(=O)[C@H](C)NC(=O)[C@H]2CCCN2C1=O. The van der Waals surface area contributed by atoms with Gasteiger partial charge in [-0.3, -0.25) is 19.2 Å². The highest BCUT2D eigenvalue weighted by Gasteiger charge is 2.39. The van der Waals surface area contributed by atoms with Crippen LogP contribution in [-0.2, 0) is 30.4 Å².